The van der Waals surface area contributed by atoms with Gasteiger partial charge in [0.25, 0.3) is 5.69 Å². The molecule has 0 aromatic heterocycles. The number of ether oxygens (including phenoxy) is 1. The van der Waals surface area contributed by atoms with Gasteiger partial charge in [0.15, 0.2) is 6.29 Å². The summed E-state index contributed by atoms with van der Waals surface area (Å²) >= 11 is 0. The Hall–Kier alpha value is -2.75. The fourth-order valence-corrected chi connectivity index (χ4v) is 1.54. The Balaban J connectivity index is 3.26. The summed E-state index contributed by atoms with van der Waals surface area (Å²) in [5, 5.41) is 19.7. The van der Waals surface area contributed by atoms with Gasteiger partial charge in [0, 0.05) is 6.07 Å². The summed E-state index contributed by atoms with van der Waals surface area (Å²) < 4.78 is 4.71. The summed E-state index contributed by atoms with van der Waals surface area (Å²) in [5.41, 5.74) is -0.663. The van der Waals surface area contributed by atoms with E-state index in [0.29, 0.717) is 0 Å². The number of carbonyl (C=O) groups is 2. The third kappa shape index (κ3) is 3.35. The zero-order valence-corrected chi connectivity index (χ0v) is 10.1. The van der Waals surface area contributed by atoms with Crippen molar-refractivity contribution in [3.8, 4) is 6.07 Å². The molecular formula is C12H10N2O5. The van der Waals surface area contributed by atoms with Crippen LogP contribution in [0.4, 0.5) is 5.69 Å². The van der Waals surface area contributed by atoms with Crippen molar-refractivity contribution >= 4 is 17.9 Å². The lowest BCUT2D eigenvalue weighted by atomic mass is 10.0. The second-order valence-corrected chi connectivity index (χ2v) is 3.54. The van der Waals surface area contributed by atoms with Crippen LogP contribution in [-0.2, 0) is 16.0 Å². The van der Waals surface area contributed by atoms with Gasteiger partial charge in [-0.1, -0.05) is 0 Å². The smallest absolute Gasteiger partial charge is 0.310 e. The van der Waals surface area contributed by atoms with Crippen molar-refractivity contribution in [2.45, 2.75) is 13.3 Å². The first-order valence-electron chi connectivity index (χ1n) is 5.35. The predicted octanol–water partition coefficient (Wildman–Crippen LogP) is 1.38. The number of nitro groups is 1. The highest BCUT2D eigenvalue weighted by atomic mass is 16.6. The molecule has 0 spiro atoms. The third-order valence-corrected chi connectivity index (χ3v) is 2.31. The molecule has 0 unspecified atom stereocenters. The normalized spacial score (nSPS) is 9.47. The molecule has 0 amide bonds. The highest BCUT2D eigenvalue weighted by molar-refractivity contribution is 5.86. The predicted molar refractivity (Wildman–Crippen MR) is 63.5 cm³/mol. The van der Waals surface area contributed by atoms with E-state index in [-0.39, 0.29) is 36.0 Å². The van der Waals surface area contributed by atoms with E-state index in [2.05, 4.69) is 0 Å². The number of aldehydes is 1. The van der Waals surface area contributed by atoms with Crippen molar-refractivity contribution in [3.63, 3.8) is 0 Å². The van der Waals surface area contributed by atoms with Crippen molar-refractivity contribution < 1.29 is 19.2 Å². The van der Waals surface area contributed by atoms with Gasteiger partial charge in [-0.25, -0.2) is 0 Å². The molecule has 98 valence electrons. The maximum Gasteiger partial charge on any atom is 0.310 e. The molecule has 7 nitrogen and oxygen atoms in total. The first-order valence-corrected chi connectivity index (χ1v) is 5.35. The number of nitrogens with zero attached hydrogens (tertiary/aromatic N) is 2. The Kier molecular flexibility index (Phi) is 4.71. The highest BCUT2D eigenvalue weighted by Crippen LogP contribution is 2.23. The molecule has 0 atom stereocenters. The number of nitro benzene ring substituents is 1. The quantitative estimate of drug-likeness (QED) is 0.343. The van der Waals surface area contributed by atoms with Crippen LogP contribution in [0, 0.1) is 21.4 Å². The average Bonchev–Trinajstić information content (AvgIpc) is 2.37. The molecule has 0 fully saturated rings. The van der Waals surface area contributed by atoms with E-state index < -0.39 is 16.6 Å². The summed E-state index contributed by atoms with van der Waals surface area (Å²) in [6.07, 6.45) is 0.0628. The molecule has 7 heteroatoms. The minimum absolute atomic E-state index is 0.136. The lowest BCUT2D eigenvalue weighted by molar-refractivity contribution is -0.385. The van der Waals surface area contributed by atoms with Gasteiger partial charge >= 0.3 is 5.97 Å². The molecule has 0 bridgehead atoms. The Bertz CT molecular complexity index is 574. The number of carbonyl (C=O) groups excluding carboxylic acids is 2. The molecule has 0 aliphatic rings. The maximum absolute atomic E-state index is 11.3. The Morgan fingerprint density at radius 3 is 2.74 bits per heavy atom. The second kappa shape index (κ2) is 6.26. The largest absolute Gasteiger partial charge is 0.466 e. The fraction of sp³-hybridized carbons (Fsp3) is 0.250. The van der Waals surface area contributed by atoms with Crippen molar-refractivity contribution in [2.75, 3.05) is 6.61 Å². The number of nitriles is 1. The van der Waals surface area contributed by atoms with E-state index >= 15 is 0 Å². The maximum atomic E-state index is 11.3. The van der Waals surface area contributed by atoms with Crippen LogP contribution < -0.4 is 0 Å². The number of benzene rings is 1. The summed E-state index contributed by atoms with van der Waals surface area (Å²) in [7, 11) is 0. The lowest BCUT2D eigenvalue weighted by Crippen LogP contribution is -2.09. The third-order valence-electron chi connectivity index (χ3n) is 2.31. The van der Waals surface area contributed by atoms with Gasteiger partial charge in [0.05, 0.1) is 23.5 Å². The summed E-state index contributed by atoms with van der Waals surface area (Å²) in [6, 6.07) is 4.07. The van der Waals surface area contributed by atoms with Gasteiger partial charge in [-0.05, 0) is 18.6 Å². The zero-order chi connectivity index (χ0) is 14.4. The summed E-state index contributed by atoms with van der Waals surface area (Å²) in [4.78, 5) is 32.2. The number of hydrogen-bond acceptors (Lipinski definition) is 6. The highest BCUT2D eigenvalue weighted by Gasteiger charge is 2.20. The molecule has 0 N–H and O–H groups in total. The van der Waals surface area contributed by atoms with Gasteiger partial charge in [-0.2, -0.15) is 5.26 Å². The summed E-state index contributed by atoms with van der Waals surface area (Å²) in [5.74, 6) is -0.556. The van der Waals surface area contributed by atoms with Gasteiger partial charge < -0.3 is 4.74 Å². The van der Waals surface area contributed by atoms with Crippen molar-refractivity contribution in [1.82, 2.24) is 0 Å². The first-order chi connectivity index (χ1) is 9.03. The average molecular weight is 262 g/mol. The van der Waals surface area contributed by atoms with Gasteiger partial charge in [-0.15, -0.1) is 0 Å². The van der Waals surface area contributed by atoms with Crippen molar-refractivity contribution in [3.05, 3.63) is 38.9 Å². The van der Waals surface area contributed by atoms with Crippen LogP contribution in [0.5, 0.6) is 0 Å². The molecule has 0 saturated heterocycles. The molecule has 1 aromatic carbocycles. The van der Waals surface area contributed by atoms with Crippen molar-refractivity contribution in [2.24, 2.45) is 0 Å². The van der Waals surface area contributed by atoms with Crippen LogP contribution in [0.1, 0.15) is 28.4 Å². The van der Waals surface area contributed by atoms with Gasteiger partial charge in [-0.3, -0.25) is 19.7 Å². The molecule has 0 heterocycles. The number of rotatable bonds is 5. The van der Waals surface area contributed by atoms with Crippen LogP contribution in [-0.4, -0.2) is 23.8 Å². The Morgan fingerprint density at radius 2 is 2.26 bits per heavy atom. The Labute approximate surface area is 108 Å². The fourth-order valence-electron chi connectivity index (χ4n) is 1.54. The zero-order valence-electron chi connectivity index (χ0n) is 10.1. The van der Waals surface area contributed by atoms with Crippen LogP contribution in [0.25, 0.3) is 0 Å². The van der Waals surface area contributed by atoms with Gasteiger partial charge in [0.1, 0.15) is 11.6 Å². The minimum atomic E-state index is -0.765. The van der Waals surface area contributed by atoms with Crippen LogP contribution in [0.2, 0.25) is 0 Å². The number of esters is 1. The van der Waals surface area contributed by atoms with E-state index in [1.807, 2.05) is 0 Å². The molecule has 1 aromatic rings. The standard InChI is InChI=1S/C12H10N2O5/c1-2-19-12(16)5-8-3-9(6-13)10(7-15)11(4-8)14(17)18/h3-4,7H,2,5H2,1H3. The van der Waals surface area contributed by atoms with Crippen molar-refractivity contribution in [1.29, 1.82) is 5.26 Å². The number of hydrogen-bond donors (Lipinski definition) is 0. The van der Waals surface area contributed by atoms with E-state index in [1.54, 1.807) is 13.0 Å². The second-order valence-electron chi connectivity index (χ2n) is 3.54. The molecule has 0 saturated carbocycles. The van der Waals surface area contributed by atoms with Crippen LogP contribution >= 0.6 is 0 Å². The van der Waals surface area contributed by atoms with Gasteiger partial charge in [0.2, 0.25) is 0 Å². The molecular weight excluding hydrogens is 252 g/mol. The topological polar surface area (TPSA) is 110 Å². The van der Waals surface area contributed by atoms with Crippen LogP contribution in [0.15, 0.2) is 12.1 Å². The van der Waals surface area contributed by atoms with E-state index in [0.717, 1.165) is 6.07 Å². The molecule has 0 aliphatic heterocycles. The molecule has 1 rings (SSSR count). The monoisotopic (exact) mass is 262 g/mol. The van der Waals surface area contributed by atoms with Crippen LogP contribution in [0.3, 0.4) is 0 Å². The first kappa shape index (κ1) is 14.3. The van der Waals surface area contributed by atoms with E-state index in [4.69, 9.17) is 10.00 Å². The SMILES string of the molecule is CCOC(=O)Cc1cc(C#N)c(C=O)c([N+](=O)[O-])c1. The molecule has 19 heavy (non-hydrogen) atoms. The molecule has 0 radical (unpaired) electrons. The van der Waals surface area contributed by atoms with E-state index in [1.165, 1.54) is 6.07 Å². The molecule has 0 aliphatic carbocycles. The minimum Gasteiger partial charge on any atom is -0.466 e. The lowest BCUT2D eigenvalue weighted by Gasteiger charge is -2.04. The summed E-state index contributed by atoms with van der Waals surface area (Å²) in [6.45, 7) is 1.83. The Morgan fingerprint density at radius 1 is 1.58 bits per heavy atom. The van der Waals surface area contributed by atoms with E-state index in [9.17, 15) is 19.7 Å².